The highest BCUT2D eigenvalue weighted by molar-refractivity contribution is 6.34. The van der Waals surface area contributed by atoms with E-state index in [1.807, 2.05) is 39.1 Å². The van der Waals surface area contributed by atoms with Gasteiger partial charge in [-0.25, -0.2) is 4.98 Å². The Morgan fingerprint density at radius 1 is 1.19 bits per heavy atom. The van der Waals surface area contributed by atoms with Crippen LogP contribution in [-0.4, -0.2) is 30.1 Å². The van der Waals surface area contributed by atoms with Crippen molar-refractivity contribution in [2.45, 2.75) is 46.6 Å². The van der Waals surface area contributed by atoms with Gasteiger partial charge in [0.25, 0.3) is 0 Å². The molecule has 4 heteroatoms. The van der Waals surface area contributed by atoms with E-state index in [0.29, 0.717) is 13.0 Å². The van der Waals surface area contributed by atoms with Crippen LogP contribution in [0.25, 0.3) is 10.8 Å². The van der Waals surface area contributed by atoms with E-state index in [9.17, 15) is 5.11 Å². The molecule has 2 radical (unpaired) electrons. The Kier molecular flexibility index (Phi) is 6.22. The van der Waals surface area contributed by atoms with Crippen molar-refractivity contribution in [1.29, 1.82) is 0 Å². The van der Waals surface area contributed by atoms with Gasteiger partial charge < -0.3 is 10.4 Å². The first-order valence-corrected chi connectivity index (χ1v) is 7.47. The number of fused-ring (bicyclic) bond motifs is 1. The maximum absolute atomic E-state index is 9.66. The number of aliphatic hydroxyl groups is 1. The summed E-state index contributed by atoms with van der Waals surface area (Å²) in [5.74, 6) is 0.820. The van der Waals surface area contributed by atoms with Gasteiger partial charge in [0.05, 0.1) is 5.60 Å². The van der Waals surface area contributed by atoms with Crippen LogP contribution < -0.4 is 10.8 Å². The quantitative estimate of drug-likeness (QED) is 0.848. The zero-order valence-electron chi connectivity index (χ0n) is 13.7. The molecule has 112 valence electrons. The third kappa shape index (κ3) is 5.39. The number of hydrogen-bond acceptors (Lipinski definition) is 3. The van der Waals surface area contributed by atoms with Gasteiger partial charge in [-0.2, -0.15) is 0 Å². The second-order valence-corrected chi connectivity index (χ2v) is 5.61. The first-order valence-electron chi connectivity index (χ1n) is 7.47. The van der Waals surface area contributed by atoms with E-state index in [-0.39, 0.29) is 0 Å². The molecule has 0 aliphatic rings. The number of hydrogen-bond donors (Lipinski definition) is 2. The van der Waals surface area contributed by atoms with Crippen LogP contribution in [0.5, 0.6) is 0 Å². The summed E-state index contributed by atoms with van der Waals surface area (Å²) in [6, 6.07) is 6.01. The number of nitrogens with zero attached hydrogens (tertiary/aromatic N) is 1. The standard InChI is InChI=1S/C15H19BN2O.C2H6/c1-10-6-11-8-14(17-5-4-15(2,3)19)18-9-12(11)7-13(10)16;1-2/h6-9,19H,4-5H2,1-3H3,(H,17,18);1-2H3. The Morgan fingerprint density at radius 2 is 1.86 bits per heavy atom. The zero-order valence-corrected chi connectivity index (χ0v) is 13.7. The molecule has 1 aromatic heterocycles. The molecule has 3 nitrogen and oxygen atoms in total. The van der Waals surface area contributed by atoms with Crippen LogP contribution in [0.3, 0.4) is 0 Å². The Balaban J connectivity index is 0.00000106. The summed E-state index contributed by atoms with van der Waals surface area (Å²) in [6.45, 7) is 10.3. The van der Waals surface area contributed by atoms with Crippen LogP contribution in [0.1, 0.15) is 39.7 Å². The summed E-state index contributed by atoms with van der Waals surface area (Å²) in [6.07, 6.45) is 2.49. The minimum absolute atomic E-state index is 0.658. The summed E-state index contributed by atoms with van der Waals surface area (Å²) in [7, 11) is 5.88. The molecule has 2 rings (SSSR count). The van der Waals surface area contributed by atoms with Crippen LogP contribution in [0, 0.1) is 6.92 Å². The third-order valence-corrected chi connectivity index (χ3v) is 3.15. The van der Waals surface area contributed by atoms with Gasteiger partial charge in [0.2, 0.25) is 0 Å². The molecule has 0 amide bonds. The highest BCUT2D eigenvalue weighted by Crippen LogP contribution is 2.17. The highest BCUT2D eigenvalue weighted by Gasteiger charge is 2.11. The third-order valence-electron chi connectivity index (χ3n) is 3.15. The van der Waals surface area contributed by atoms with Gasteiger partial charge in [-0.1, -0.05) is 37.0 Å². The monoisotopic (exact) mass is 284 g/mol. The number of aryl methyl sites for hydroxylation is 1. The Morgan fingerprint density at radius 3 is 2.48 bits per heavy atom. The molecule has 0 aliphatic carbocycles. The fraction of sp³-hybridized carbons (Fsp3) is 0.471. The largest absolute Gasteiger partial charge is 0.390 e. The Hall–Kier alpha value is -1.55. The average Bonchev–Trinajstić information content (AvgIpc) is 2.41. The molecule has 1 heterocycles. The second kappa shape index (κ2) is 7.46. The van der Waals surface area contributed by atoms with Crippen LogP contribution in [0.15, 0.2) is 24.4 Å². The molecular weight excluding hydrogens is 259 g/mol. The second-order valence-electron chi connectivity index (χ2n) is 5.61. The minimum atomic E-state index is -0.658. The van der Waals surface area contributed by atoms with E-state index in [4.69, 9.17) is 7.85 Å². The van der Waals surface area contributed by atoms with Gasteiger partial charge in [0.15, 0.2) is 0 Å². The molecule has 2 aromatic rings. The van der Waals surface area contributed by atoms with Crippen molar-refractivity contribution in [2.75, 3.05) is 11.9 Å². The van der Waals surface area contributed by atoms with E-state index < -0.39 is 5.60 Å². The Labute approximate surface area is 129 Å². The first-order chi connectivity index (χ1) is 9.85. The van der Waals surface area contributed by atoms with Crippen molar-refractivity contribution >= 4 is 29.9 Å². The van der Waals surface area contributed by atoms with Crippen molar-refractivity contribution in [2.24, 2.45) is 0 Å². The highest BCUT2D eigenvalue weighted by atomic mass is 16.3. The van der Waals surface area contributed by atoms with Crippen molar-refractivity contribution in [3.63, 3.8) is 0 Å². The molecule has 0 unspecified atom stereocenters. The van der Waals surface area contributed by atoms with Gasteiger partial charge in [-0.3, -0.25) is 0 Å². The van der Waals surface area contributed by atoms with Crippen LogP contribution in [-0.2, 0) is 0 Å². The van der Waals surface area contributed by atoms with E-state index in [0.717, 1.165) is 27.6 Å². The molecule has 0 spiro atoms. The van der Waals surface area contributed by atoms with Crippen molar-refractivity contribution in [3.05, 3.63) is 30.0 Å². The topological polar surface area (TPSA) is 45.2 Å². The summed E-state index contributed by atoms with van der Waals surface area (Å²) in [5, 5.41) is 15.0. The van der Waals surface area contributed by atoms with E-state index in [2.05, 4.69) is 16.4 Å². The predicted molar refractivity (Wildman–Crippen MR) is 92.6 cm³/mol. The maximum Gasteiger partial charge on any atom is 0.126 e. The minimum Gasteiger partial charge on any atom is -0.390 e. The van der Waals surface area contributed by atoms with Crippen LogP contribution in [0.4, 0.5) is 5.82 Å². The Bertz CT molecular complexity index is 591. The summed E-state index contributed by atoms with van der Waals surface area (Å²) >= 11 is 0. The normalized spacial score (nSPS) is 11.0. The molecule has 0 saturated heterocycles. The fourth-order valence-corrected chi connectivity index (χ4v) is 1.92. The number of nitrogens with one attached hydrogen (secondary N) is 1. The van der Waals surface area contributed by atoms with Crippen molar-refractivity contribution in [3.8, 4) is 0 Å². The van der Waals surface area contributed by atoms with Crippen LogP contribution >= 0.6 is 0 Å². The first kappa shape index (κ1) is 17.5. The van der Waals surface area contributed by atoms with Gasteiger partial charge in [-0.05, 0) is 44.0 Å². The summed E-state index contributed by atoms with van der Waals surface area (Å²) in [4.78, 5) is 4.35. The number of rotatable bonds is 4. The van der Waals surface area contributed by atoms with Crippen molar-refractivity contribution < 1.29 is 5.11 Å². The van der Waals surface area contributed by atoms with Gasteiger partial charge in [-0.15, -0.1) is 0 Å². The molecule has 0 fully saturated rings. The lowest BCUT2D eigenvalue weighted by atomic mass is 9.89. The van der Waals surface area contributed by atoms with Crippen LogP contribution in [0.2, 0.25) is 0 Å². The zero-order chi connectivity index (χ0) is 16.0. The number of benzene rings is 1. The lowest BCUT2D eigenvalue weighted by Crippen LogP contribution is -2.22. The molecular formula is C17H25BN2O. The molecule has 1 aromatic carbocycles. The molecule has 21 heavy (non-hydrogen) atoms. The van der Waals surface area contributed by atoms with E-state index in [1.54, 1.807) is 13.8 Å². The SMILES string of the molecule is CC.[B]c1cc2cnc(NCCC(C)(C)O)cc2cc1C. The molecule has 0 saturated carbocycles. The van der Waals surface area contributed by atoms with Gasteiger partial charge >= 0.3 is 0 Å². The lowest BCUT2D eigenvalue weighted by Gasteiger charge is -2.17. The molecule has 0 aliphatic heterocycles. The summed E-state index contributed by atoms with van der Waals surface area (Å²) in [5.41, 5.74) is 1.20. The summed E-state index contributed by atoms with van der Waals surface area (Å²) < 4.78 is 0. The number of aromatic nitrogens is 1. The van der Waals surface area contributed by atoms with Gasteiger partial charge in [0.1, 0.15) is 13.7 Å². The van der Waals surface area contributed by atoms with Crippen molar-refractivity contribution in [1.82, 2.24) is 4.98 Å². The lowest BCUT2D eigenvalue weighted by molar-refractivity contribution is 0.0748. The molecule has 0 atom stereocenters. The van der Waals surface area contributed by atoms with E-state index >= 15 is 0 Å². The fourth-order valence-electron chi connectivity index (χ4n) is 1.92. The smallest absolute Gasteiger partial charge is 0.126 e. The number of anilines is 1. The van der Waals surface area contributed by atoms with E-state index in [1.165, 1.54) is 0 Å². The number of pyridine rings is 1. The molecule has 0 bridgehead atoms. The average molecular weight is 284 g/mol. The maximum atomic E-state index is 9.66. The van der Waals surface area contributed by atoms with Gasteiger partial charge in [0, 0.05) is 12.7 Å². The molecule has 2 N–H and O–H groups in total. The predicted octanol–water partition coefficient (Wildman–Crippen LogP) is 2.94.